The molecule has 49 heavy (non-hydrogen) atoms. The van der Waals surface area contributed by atoms with Crippen molar-refractivity contribution >= 4 is 28.4 Å². The Morgan fingerprint density at radius 2 is 1.98 bits per heavy atom. The molecule has 0 saturated carbocycles. The van der Waals surface area contributed by atoms with Crippen molar-refractivity contribution in [3.8, 4) is 11.3 Å². The van der Waals surface area contributed by atoms with Crippen LogP contribution in [0.4, 0.5) is 0 Å². The van der Waals surface area contributed by atoms with E-state index in [1.54, 1.807) is 12.1 Å². The molecule has 1 saturated heterocycles. The quantitative estimate of drug-likeness (QED) is 0.228. The predicted molar refractivity (Wildman–Crippen MR) is 196 cm³/mol. The average molecular weight is 673 g/mol. The fraction of sp³-hybridized carbons (Fsp3) is 0.564. The van der Waals surface area contributed by atoms with E-state index in [-0.39, 0.29) is 29.3 Å². The van der Waals surface area contributed by atoms with Crippen LogP contribution in [0.5, 0.6) is 0 Å². The molecule has 0 spiro atoms. The lowest BCUT2D eigenvalue weighted by molar-refractivity contribution is -0.144. The summed E-state index contributed by atoms with van der Waals surface area (Å²) >= 11 is 0. The number of carbonyl (C=O) groups excluding carboxylic acids is 2. The number of carbonyl (C=O) groups is 2. The second-order valence-corrected chi connectivity index (χ2v) is 14.7. The van der Waals surface area contributed by atoms with E-state index in [0.29, 0.717) is 32.8 Å². The molecule has 266 valence electrons. The zero-order valence-electron chi connectivity index (χ0n) is 30.6. The normalized spacial score (nSPS) is 18.2. The van der Waals surface area contributed by atoms with Gasteiger partial charge in [-0.3, -0.25) is 24.5 Å². The molecule has 1 aromatic carbocycles. The molecule has 3 N–H and O–H groups in total. The van der Waals surface area contributed by atoms with Crippen molar-refractivity contribution in [3.05, 3.63) is 59.4 Å². The van der Waals surface area contributed by atoms with Gasteiger partial charge < -0.3 is 19.8 Å². The third-order valence-corrected chi connectivity index (χ3v) is 9.83. The van der Waals surface area contributed by atoms with Crippen molar-refractivity contribution < 1.29 is 19.1 Å². The molecular formula is C39H56N6O4. The van der Waals surface area contributed by atoms with Crippen LogP contribution in [0.15, 0.2) is 42.6 Å². The Labute approximate surface area is 292 Å². The second kappa shape index (κ2) is 16.0. The van der Waals surface area contributed by atoms with Gasteiger partial charge in [0.2, 0.25) is 0 Å². The number of nitrogens with two attached hydrogens (primary N) is 1. The summed E-state index contributed by atoms with van der Waals surface area (Å²) in [6.07, 6.45) is 7.77. The minimum atomic E-state index is -0.631. The lowest BCUT2D eigenvalue weighted by atomic mass is 9.83. The van der Waals surface area contributed by atoms with Gasteiger partial charge in [-0.15, -0.1) is 0 Å². The fourth-order valence-electron chi connectivity index (χ4n) is 7.38. The van der Waals surface area contributed by atoms with Gasteiger partial charge in [0.15, 0.2) is 0 Å². The molecular weight excluding hydrogens is 616 g/mol. The Hall–Kier alpha value is -3.57. The van der Waals surface area contributed by atoms with Crippen molar-refractivity contribution in [1.29, 1.82) is 0 Å². The van der Waals surface area contributed by atoms with E-state index in [0.717, 1.165) is 55.6 Å². The number of methoxy groups -OCH3 is 1. The first-order chi connectivity index (χ1) is 23.4. The highest BCUT2D eigenvalue weighted by atomic mass is 16.5. The van der Waals surface area contributed by atoms with Crippen LogP contribution in [0.3, 0.4) is 0 Å². The maximum absolute atomic E-state index is 13.2. The summed E-state index contributed by atoms with van der Waals surface area (Å²) in [4.78, 5) is 32.2. The van der Waals surface area contributed by atoms with Gasteiger partial charge in [-0.25, -0.2) is 5.43 Å². The standard InChI is InChI=1S/C39H56N6O4/c1-8-44-35-16-14-28(29-13-15-30(24-48-7)43(22-29)23-34(40)38(47)45-19-10-9-18-42-45)20-32(35)33(21-39(5,6)25-49-27(4)46)37(44)31-12-11-17-41-36(31)26(2)3/h11-14,16-17,20,26,30,34,42H,8-10,15,18-19,21-25,40H2,1-7H3. The van der Waals surface area contributed by atoms with Crippen molar-refractivity contribution in [1.82, 2.24) is 24.9 Å². The smallest absolute Gasteiger partial charge is 0.302 e. The van der Waals surface area contributed by atoms with E-state index < -0.39 is 6.04 Å². The maximum atomic E-state index is 13.2. The molecule has 10 heteroatoms. The van der Waals surface area contributed by atoms with E-state index in [1.165, 1.54) is 34.7 Å². The van der Waals surface area contributed by atoms with Gasteiger partial charge in [0.1, 0.15) is 0 Å². The predicted octanol–water partition coefficient (Wildman–Crippen LogP) is 5.54. The molecule has 0 radical (unpaired) electrons. The minimum Gasteiger partial charge on any atom is -0.465 e. The summed E-state index contributed by atoms with van der Waals surface area (Å²) < 4.78 is 13.6. The van der Waals surface area contributed by atoms with Crippen molar-refractivity contribution in [2.45, 2.75) is 91.8 Å². The maximum Gasteiger partial charge on any atom is 0.302 e. The number of ether oxygens (including phenoxy) is 2. The van der Waals surface area contributed by atoms with Gasteiger partial charge in [0, 0.05) is 80.9 Å². The molecule has 2 unspecified atom stereocenters. The number of amides is 1. The van der Waals surface area contributed by atoms with E-state index in [2.05, 4.69) is 79.9 Å². The number of rotatable bonds is 13. The van der Waals surface area contributed by atoms with E-state index in [9.17, 15) is 9.59 Å². The third kappa shape index (κ3) is 8.43. The first-order valence-corrected chi connectivity index (χ1v) is 17.9. The molecule has 0 aliphatic carbocycles. The molecule has 2 aromatic heterocycles. The Morgan fingerprint density at radius 3 is 2.65 bits per heavy atom. The number of esters is 1. The largest absolute Gasteiger partial charge is 0.465 e. The van der Waals surface area contributed by atoms with Crippen molar-refractivity contribution in [2.75, 3.05) is 46.5 Å². The summed E-state index contributed by atoms with van der Waals surface area (Å²) in [5.74, 6) is -0.0755. The fourth-order valence-corrected chi connectivity index (χ4v) is 7.38. The molecule has 1 amide bonds. The number of hydrazine groups is 1. The van der Waals surface area contributed by atoms with Crippen molar-refractivity contribution in [3.63, 3.8) is 0 Å². The van der Waals surface area contributed by atoms with Crippen molar-refractivity contribution in [2.24, 2.45) is 11.1 Å². The first-order valence-electron chi connectivity index (χ1n) is 17.9. The van der Waals surface area contributed by atoms with Crippen LogP contribution in [0.1, 0.15) is 83.5 Å². The zero-order chi connectivity index (χ0) is 35.3. The topological polar surface area (TPSA) is 115 Å². The molecule has 2 aliphatic rings. The molecule has 0 bridgehead atoms. The Morgan fingerprint density at radius 1 is 1.18 bits per heavy atom. The number of fused-ring (bicyclic) bond motifs is 1. The third-order valence-electron chi connectivity index (χ3n) is 9.83. The molecule has 5 rings (SSSR count). The lowest BCUT2D eigenvalue weighted by Crippen LogP contribution is -2.57. The highest BCUT2D eigenvalue weighted by molar-refractivity contribution is 5.95. The van der Waals surface area contributed by atoms with Crippen LogP contribution in [0, 0.1) is 5.41 Å². The monoisotopic (exact) mass is 672 g/mol. The Kier molecular flexibility index (Phi) is 12.0. The summed E-state index contributed by atoms with van der Waals surface area (Å²) in [6, 6.07) is 10.5. The Balaban J connectivity index is 1.55. The van der Waals surface area contributed by atoms with Crippen LogP contribution in [0.2, 0.25) is 0 Å². The Bertz CT molecular complexity index is 1650. The molecule has 3 aromatic rings. The van der Waals surface area contributed by atoms with Gasteiger partial charge in [0.05, 0.1) is 30.6 Å². The van der Waals surface area contributed by atoms with E-state index in [1.807, 2.05) is 12.3 Å². The lowest BCUT2D eigenvalue weighted by Gasteiger charge is -2.38. The zero-order valence-corrected chi connectivity index (χ0v) is 30.6. The van der Waals surface area contributed by atoms with Gasteiger partial charge in [-0.05, 0) is 79.5 Å². The van der Waals surface area contributed by atoms with Gasteiger partial charge in [-0.2, -0.15) is 0 Å². The van der Waals surface area contributed by atoms with Gasteiger partial charge in [0.25, 0.3) is 5.91 Å². The molecule has 2 aliphatic heterocycles. The summed E-state index contributed by atoms with van der Waals surface area (Å²) in [5.41, 5.74) is 17.6. The van der Waals surface area contributed by atoms with E-state index in [4.69, 9.17) is 20.2 Å². The SMILES string of the molecule is CCn1c(-c2cccnc2C(C)C)c(CC(C)(C)COC(C)=O)c2cc(C3=CCC(COC)N(CC(N)C(=O)N4CCCCN4)C3)ccc21. The number of pyridine rings is 1. The molecule has 4 heterocycles. The number of nitrogens with one attached hydrogen (secondary N) is 1. The number of hydrogen-bond acceptors (Lipinski definition) is 8. The van der Waals surface area contributed by atoms with Crippen LogP contribution < -0.4 is 11.2 Å². The first kappa shape index (κ1) is 36.7. The highest BCUT2D eigenvalue weighted by Gasteiger charge is 2.32. The molecule has 1 fully saturated rings. The van der Waals surface area contributed by atoms with Gasteiger partial charge in [-0.1, -0.05) is 39.8 Å². The van der Waals surface area contributed by atoms with Gasteiger partial charge >= 0.3 is 5.97 Å². The van der Waals surface area contributed by atoms with Crippen LogP contribution >= 0.6 is 0 Å². The number of nitrogens with zero attached hydrogens (tertiary/aromatic N) is 4. The van der Waals surface area contributed by atoms with Crippen LogP contribution in [-0.2, 0) is 32.0 Å². The minimum absolute atomic E-state index is 0.0565. The number of benzene rings is 1. The van der Waals surface area contributed by atoms with Crippen LogP contribution in [-0.4, -0.2) is 89.9 Å². The number of hydrogen-bond donors (Lipinski definition) is 2. The number of aryl methyl sites for hydroxylation is 1. The van der Waals surface area contributed by atoms with Crippen LogP contribution in [0.25, 0.3) is 27.7 Å². The second-order valence-electron chi connectivity index (χ2n) is 14.7. The highest BCUT2D eigenvalue weighted by Crippen LogP contribution is 2.41. The molecule has 10 nitrogen and oxygen atoms in total. The summed E-state index contributed by atoms with van der Waals surface area (Å²) in [5, 5.41) is 2.89. The van der Waals surface area contributed by atoms with E-state index >= 15 is 0 Å². The summed E-state index contributed by atoms with van der Waals surface area (Å²) in [7, 11) is 1.72. The molecule has 2 atom stereocenters. The summed E-state index contributed by atoms with van der Waals surface area (Å²) in [6.45, 7) is 16.7. The number of aromatic nitrogens is 2. The average Bonchev–Trinajstić information content (AvgIpc) is 3.39.